The highest BCUT2D eigenvalue weighted by molar-refractivity contribution is 5.67. The number of nitrogens with one attached hydrogen (secondary N) is 1. The molecule has 2 unspecified atom stereocenters. The molecule has 1 amide bonds. The van der Waals surface area contributed by atoms with Crippen LogP contribution in [0.1, 0.15) is 51.3 Å². The number of hydrogen-bond donors (Lipinski definition) is 2. The predicted molar refractivity (Wildman–Crippen MR) is 120 cm³/mol. The lowest BCUT2D eigenvalue weighted by Gasteiger charge is -2.39. The van der Waals surface area contributed by atoms with Crippen molar-refractivity contribution in [2.45, 2.75) is 52.2 Å². The van der Waals surface area contributed by atoms with Crippen LogP contribution >= 0.6 is 0 Å². The lowest BCUT2D eigenvalue weighted by atomic mass is 9.76. The molecule has 0 radical (unpaired) electrons. The molecule has 2 atom stereocenters. The van der Waals surface area contributed by atoms with Gasteiger partial charge in [0.2, 0.25) is 0 Å². The van der Waals surface area contributed by atoms with Gasteiger partial charge in [-0.2, -0.15) is 0 Å². The van der Waals surface area contributed by atoms with Crippen molar-refractivity contribution >= 4 is 17.2 Å². The number of allylic oxidation sites excluding steroid dienone is 2. The third-order valence-corrected chi connectivity index (χ3v) is 5.24. The highest BCUT2D eigenvalue weighted by Crippen LogP contribution is 2.35. The molecule has 2 rings (SSSR count). The zero-order chi connectivity index (χ0) is 21.8. The predicted octanol–water partition coefficient (Wildman–Crippen LogP) is 6.13. The summed E-state index contributed by atoms with van der Waals surface area (Å²) in [4.78, 5) is 11.3. The van der Waals surface area contributed by atoms with Gasteiger partial charge in [-0.1, -0.05) is 75.0 Å². The van der Waals surface area contributed by atoms with Gasteiger partial charge in [0.25, 0.3) is 0 Å². The molecule has 4 nitrogen and oxygen atoms in total. The zero-order valence-corrected chi connectivity index (χ0v) is 18.0. The van der Waals surface area contributed by atoms with Crippen molar-refractivity contribution in [2.24, 2.45) is 0 Å². The molecule has 2 aromatic rings. The Morgan fingerprint density at radius 2 is 1.62 bits per heavy atom. The summed E-state index contributed by atoms with van der Waals surface area (Å²) in [5, 5.41) is 11.9. The van der Waals surface area contributed by atoms with E-state index < -0.39 is 23.7 Å². The first-order valence-corrected chi connectivity index (χ1v) is 9.71. The standard InChI is InChI=1S/C25H31NO3/c1-16(2)19-12-14-20(15-13-19)25(6,7)23(18(5)26-24(27)28)29-22-11-9-8-10-21(22)17(3)4/h8-15,18,23,26H,1,3H2,2,4-7H3,(H,27,28). The number of hydrogen-bond acceptors (Lipinski definition) is 2. The van der Waals surface area contributed by atoms with Crippen LogP contribution in [0, 0.1) is 0 Å². The van der Waals surface area contributed by atoms with Crippen LogP contribution in [0.3, 0.4) is 0 Å². The fraction of sp³-hybridized carbons (Fsp3) is 0.320. The second-order valence-corrected chi connectivity index (χ2v) is 8.13. The summed E-state index contributed by atoms with van der Waals surface area (Å²) in [5.41, 5.74) is 4.46. The van der Waals surface area contributed by atoms with E-state index in [4.69, 9.17) is 4.74 Å². The van der Waals surface area contributed by atoms with Crippen molar-refractivity contribution in [1.82, 2.24) is 5.32 Å². The molecule has 0 bridgehead atoms. The third-order valence-electron chi connectivity index (χ3n) is 5.24. The highest BCUT2D eigenvalue weighted by atomic mass is 16.5. The van der Waals surface area contributed by atoms with Gasteiger partial charge >= 0.3 is 6.09 Å². The summed E-state index contributed by atoms with van der Waals surface area (Å²) in [6.45, 7) is 17.9. The fourth-order valence-corrected chi connectivity index (χ4v) is 3.55. The van der Waals surface area contributed by atoms with Crippen molar-refractivity contribution in [3.63, 3.8) is 0 Å². The molecule has 0 spiro atoms. The van der Waals surface area contributed by atoms with Crippen molar-refractivity contribution in [1.29, 1.82) is 0 Å². The van der Waals surface area contributed by atoms with Crippen molar-refractivity contribution in [3.05, 3.63) is 78.4 Å². The molecule has 0 aliphatic rings. The number of carboxylic acid groups (broad SMARTS) is 1. The van der Waals surface area contributed by atoms with Crippen LogP contribution < -0.4 is 10.1 Å². The maximum Gasteiger partial charge on any atom is 0.404 e. The van der Waals surface area contributed by atoms with Crippen LogP contribution in [0.2, 0.25) is 0 Å². The molecule has 0 aliphatic heterocycles. The summed E-state index contributed by atoms with van der Waals surface area (Å²) in [6, 6.07) is 15.4. The zero-order valence-electron chi connectivity index (χ0n) is 18.0. The maximum absolute atomic E-state index is 11.3. The van der Waals surface area contributed by atoms with Gasteiger partial charge in [-0.15, -0.1) is 0 Å². The molecule has 0 fully saturated rings. The van der Waals surface area contributed by atoms with E-state index in [0.29, 0.717) is 5.75 Å². The van der Waals surface area contributed by atoms with Crippen LogP contribution in [-0.4, -0.2) is 23.3 Å². The summed E-state index contributed by atoms with van der Waals surface area (Å²) in [5.74, 6) is 0.690. The molecule has 154 valence electrons. The normalized spacial score (nSPS) is 13.3. The first kappa shape index (κ1) is 22.3. The van der Waals surface area contributed by atoms with Crippen molar-refractivity contribution in [2.75, 3.05) is 0 Å². The number of benzene rings is 2. The van der Waals surface area contributed by atoms with Crippen LogP contribution in [0.4, 0.5) is 4.79 Å². The minimum absolute atomic E-state index is 0.443. The number of carbonyl (C=O) groups is 1. The van der Waals surface area contributed by atoms with E-state index in [0.717, 1.165) is 27.8 Å². The lowest BCUT2D eigenvalue weighted by molar-refractivity contribution is 0.0882. The van der Waals surface area contributed by atoms with Gasteiger partial charge in [-0.25, -0.2) is 4.79 Å². The Balaban J connectivity index is 2.48. The molecule has 4 heteroatoms. The topological polar surface area (TPSA) is 58.6 Å². The Kier molecular flexibility index (Phi) is 6.91. The van der Waals surface area contributed by atoms with E-state index in [9.17, 15) is 9.90 Å². The molecule has 2 N–H and O–H groups in total. The highest BCUT2D eigenvalue weighted by Gasteiger charge is 2.38. The summed E-state index contributed by atoms with van der Waals surface area (Å²) >= 11 is 0. The van der Waals surface area contributed by atoms with Crippen molar-refractivity contribution < 1.29 is 14.6 Å². The first-order valence-electron chi connectivity index (χ1n) is 9.71. The Bertz CT molecular complexity index is 897. The Morgan fingerprint density at radius 1 is 1.03 bits per heavy atom. The van der Waals surface area contributed by atoms with Crippen LogP contribution in [0.15, 0.2) is 61.7 Å². The van der Waals surface area contributed by atoms with Gasteiger partial charge in [0, 0.05) is 11.0 Å². The first-order chi connectivity index (χ1) is 13.5. The molecule has 0 aromatic heterocycles. The second-order valence-electron chi connectivity index (χ2n) is 8.13. The minimum atomic E-state index is -1.08. The molecular formula is C25H31NO3. The average molecular weight is 394 g/mol. The van der Waals surface area contributed by atoms with E-state index in [1.165, 1.54) is 0 Å². The molecule has 2 aromatic carbocycles. The Morgan fingerprint density at radius 3 is 2.14 bits per heavy atom. The van der Waals surface area contributed by atoms with Gasteiger partial charge in [-0.05, 0) is 43.5 Å². The number of rotatable bonds is 8. The summed E-state index contributed by atoms with van der Waals surface area (Å²) in [6.07, 6.45) is -1.53. The molecule has 0 saturated carbocycles. The fourth-order valence-electron chi connectivity index (χ4n) is 3.55. The van der Waals surface area contributed by atoms with Gasteiger partial charge in [0.1, 0.15) is 11.9 Å². The van der Waals surface area contributed by atoms with E-state index in [1.807, 2.05) is 57.2 Å². The quantitative estimate of drug-likeness (QED) is 0.567. The number of ether oxygens (including phenoxy) is 1. The average Bonchev–Trinajstić information content (AvgIpc) is 2.65. The van der Waals surface area contributed by atoms with Crippen molar-refractivity contribution in [3.8, 4) is 5.75 Å². The lowest BCUT2D eigenvalue weighted by Crippen LogP contribution is -2.52. The van der Waals surface area contributed by atoms with Crippen LogP contribution in [0.25, 0.3) is 11.1 Å². The molecular weight excluding hydrogens is 362 g/mol. The molecule has 0 saturated heterocycles. The Hall–Kier alpha value is -3.01. The largest absolute Gasteiger partial charge is 0.487 e. The molecule has 0 aliphatic carbocycles. The van der Waals surface area contributed by atoms with Gasteiger partial charge in [0.15, 0.2) is 0 Å². The van der Waals surface area contributed by atoms with E-state index in [-0.39, 0.29) is 0 Å². The SMILES string of the molecule is C=C(C)c1ccc(C(C)(C)C(Oc2ccccc2C(=C)C)C(C)NC(=O)O)cc1. The van der Waals surface area contributed by atoms with Gasteiger partial charge in [0.05, 0.1) is 6.04 Å². The number of para-hydroxylation sites is 1. The Labute approximate surface area is 173 Å². The summed E-state index contributed by atoms with van der Waals surface area (Å²) in [7, 11) is 0. The monoisotopic (exact) mass is 393 g/mol. The van der Waals surface area contributed by atoms with E-state index >= 15 is 0 Å². The van der Waals surface area contributed by atoms with Crippen LogP contribution in [-0.2, 0) is 5.41 Å². The van der Waals surface area contributed by atoms with Gasteiger partial charge in [-0.3, -0.25) is 0 Å². The van der Waals surface area contributed by atoms with Crippen LogP contribution in [0.5, 0.6) is 5.75 Å². The van der Waals surface area contributed by atoms with E-state index in [1.54, 1.807) is 0 Å². The minimum Gasteiger partial charge on any atom is -0.487 e. The second kappa shape index (κ2) is 8.99. The maximum atomic E-state index is 11.3. The molecule has 0 heterocycles. The summed E-state index contributed by atoms with van der Waals surface area (Å²) < 4.78 is 6.46. The number of amides is 1. The van der Waals surface area contributed by atoms with Gasteiger partial charge < -0.3 is 15.2 Å². The third kappa shape index (κ3) is 5.29. The molecule has 29 heavy (non-hydrogen) atoms. The smallest absolute Gasteiger partial charge is 0.404 e. The van der Waals surface area contributed by atoms with E-state index in [2.05, 4.69) is 44.5 Å².